The Morgan fingerprint density at radius 2 is 1.77 bits per heavy atom. The second-order valence-corrected chi connectivity index (χ2v) is 8.07. The summed E-state index contributed by atoms with van der Waals surface area (Å²) in [6.45, 7) is 5.25. The number of fused-ring (bicyclic) bond motifs is 1. The van der Waals surface area contributed by atoms with E-state index in [0.29, 0.717) is 11.1 Å². The predicted molar refractivity (Wildman–Crippen MR) is 99.2 cm³/mol. The zero-order chi connectivity index (χ0) is 19.1. The highest BCUT2D eigenvalue weighted by atomic mass is 32.2. The minimum absolute atomic E-state index is 0.0115. The zero-order valence-corrected chi connectivity index (χ0v) is 15.5. The van der Waals surface area contributed by atoms with Gasteiger partial charge in [0.2, 0.25) is 10.0 Å². The quantitative estimate of drug-likeness (QED) is 0.737. The maximum atomic E-state index is 13.2. The summed E-state index contributed by atoms with van der Waals surface area (Å²) in [5.41, 5.74) is 3.06. The van der Waals surface area contributed by atoms with Gasteiger partial charge in [-0.3, -0.25) is 4.79 Å². The van der Waals surface area contributed by atoms with Gasteiger partial charge in [-0.1, -0.05) is 12.1 Å². The first-order valence-electron chi connectivity index (χ1n) is 8.07. The van der Waals surface area contributed by atoms with Crippen LogP contribution in [0.15, 0.2) is 46.1 Å². The van der Waals surface area contributed by atoms with Crippen LogP contribution in [0.4, 0.5) is 4.39 Å². The van der Waals surface area contributed by atoms with E-state index in [1.165, 1.54) is 13.0 Å². The summed E-state index contributed by atoms with van der Waals surface area (Å²) in [5, 5.41) is 0.833. The molecule has 0 spiro atoms. The molecule has 136 valence electrons. The lowest BCUT2D eigenvalue weighted by molar-refractivity contribution is 0.579. The van der Waals surface area contributed by atoms with Gasteiger partial charge in [-0.15, -0.1) is 0 Å². The fourth-order valence-electron chi connectivity index (χ4n) is 2.87. The molecule has 5 nitrogen and oxygen atoms in total. The SMILES string of the molecule is Cc1cc(F)ccc1S(=O)(=O)NCc1cc2ccc(C)c(C)c2[nH]c1=O. The Kier molecular flexibility index (Phi) is 4.68. The summed E-state index contributed by atoms with van der Waals surface area (Å²) < 4.78 is 40.5. The standard InChI is InChI=1S/C19H19FN2O3S/c1-11-4-5-14-9-15(19(23)22-18(14)13(11)3)10-21-26(24,25)17-7-6-16(20)8-12(17)2/h4-9,21H,10H2,1-3H3,(H,22,23). The van der Waals surface area contributed by atoms with E-state index in [-0.39, 0.29) is 17.0 Å². The van der Waals surface area contributed by atoms with Crippen molar-refractivity contribution in [3.8, 4) is 0 Å². The van der Waals surface area contributed by atoms with E-state index in [1.807, 2.05) is 26.0 Å². The van der Waals surface area contributed by atoms with Gasteiger partial charge in [-0.05, 0) is 67.1 Å². The second-order valence-electron chi connectivity index (χ2n) is 6.33. The number of halogens is 1. The minimum atomic E-state index is -3.86. The van der Waals surface area contributed by atoms with Crippen LogP contribution in [0.1, 0.15) is 22.3 Å². The summed E-state index contributed by atoms with van der Waals surface area (Å²) in [6, 6.07) is 8.98. The monoisotopic (exact) mass is 374 g/mol. The molecule has 1 heterocycles. The van der Waals surface area contributed by atoms with E-state index in [2.05, 4.69) is 9.71 Å². The first kappa shape index (κ1) is 18.3. The maximum absolute atomic E-state index is 13.2. The Morgan fingerprint density at radius 3 is 2.46 bits per heavy atom. The molecule has 2 aromatic carbocycles. The number of nitrogens with one attached hydrogen (secondary N) is 2. The molecule has 0 aliphatic heterocycles. The third kappa shape index (κ3) is 3.40. The van der Waals surface area contributed by atoms with Gasteiger partial charge in [0.25, 0.3) is 5.56 Å². The number of sulfonamides is 1. The molecule has 0 aliphatic carbocycles. The molecule has 0 saturated heterocycles. The largest absolute Gasteiger partial charge is 0.321 e. The first-order chi connectivity index (χ1) is 12.2. The molecule has 0 unspecified atom stereocenters. The van der Waals surface area contributed by atoms with Gasteiger partial charge in [0.05, 0.1) is 10.4 Å². The number of hydrogen-bond donors (Lipinski definition) is 2. The summed E-state index contributed by atoms with van der Waals surface area (Å²) >= 11 is 0. The Labute approximate surface area is 150 Å². The van der Waals surface area contributed by atoms with Crippen molar-refractivity contribution in [2.24, 2.45) is 0 Å². The average Bonchev–Trinajstić information content (AvgIpc) is 2.57. The van der Waals surface area contributed by atoms with E-state index in [9.17, 15) is 17.6 Å². The van der Waals surface area contributed by atoms with Crippen LogP contribution in [0, 0.1) is 26.6 Å². The van der Waals surface area contributed by atoms with Gasteiger partial charge in [-0.2, -0.15) is 0 Å². The van der Waals surface area contributed by atoms with Crippen LogP contribution >= 0.6 is 0 Å². The van der Waals surface area contributed by atoms with Crippen LogP contribution in [0.25, 0.3) is 10.9 Å². The lowest BCUT2D eigenvalue weighted by Gasteiger charge is -2.11. The lowest BCUT2D eigenvalue weighted by atomic mass is 10.0. The molecule has 26 heavy (non-hydrogen) atoms. The summed E-state index contributed by atoms with van der Waals surface area (Å²) in [6.07, 6.45) is 0. The van der Waals surface area contributed by atoms with E-state index in [1.54, 1.807) is 6.07 Å². The molecule has 1 aromatic heterocycles. The molecule has 0 saturated carbocycles. The number of rotatable bonds is 4. The molecular formula is C19H19FN2O3S. The summed E-state index contributed by atoms with van der Waals surface area (Å²) in [5.74, 6) is -0.502. The fraction of sp³-hybridized carbons (Fsp3) is 0.211. The Hall–Kier alpha value is -2.51. The van der Waals surface area contributed by atoms with Crippen LogP contribution in [0.3, 0.4) is 0 Å². The number of H-pyrrole nitrogens is 1. The van der Waals surface area contributed by atoms with Gasteiger partial charge in [0.15, 0.2) is 0 Å². The smallest absolute Gasteiger partial charge is 0.252 e. The highest BCUT2D eigenvalue weighted by Gasteiger charge is 2.18. The van der Waals surface area contributed by atoms with Crippen molar-refractivity contribution < 1.29 is 12.8 Å². The Bertz CT molecular complexity index is 1170. The summed E-state index contributed by atoms with van der Waals surface area (Å²) in [7, 11) is -3.86. The molecule has 0 aliphatic rings. The first-order valence-corrected chi connectivity index (χ1v) is 9.55. The van der Waals surface area contributed by atoms with Gasteiger partial charge in [0.1, 0.15) is 5.82 Å². The second kappa shape index (κ2) is 6.66. The molecule has 2 N–H and O–H groups in total. The number of benzene rings is 2. The number of aromatic nitrogens is 1. The third-order valence-corrected chi connectivity index (χ3v) is 6.07. The normalized spacial score (nSPS) is 11.8. The lowest BCUT2D eigenvalue weighted by Crippen LogP contribution is -2.27. The molecule has 0 amide bonds. The van der Waals surface area contributed by atoms with E-state index in [4.69, 9.17) is 0 Å². The van der Waals surface area contributed by atoms with E-state index >= 15 is 0 Å². The number of aromatic amines is 1. The van der Waals surface area contributed by atoms with E-state index in [0.717, 1.165) is 34.2 Å². The molecule has 0 fully saturated rings. The number of pyridine rings is 1. The van der Waals surface area contributed by atoms with Crippen molar-refractivity contribution in [2.45, 2.75) is 32.2 Å². The van der Waals surface area contributed by atoms with Crippen LogP contribution in [0.2, 0.25) is 0 Å². The minimum Gasteiger partial charge on any atom is -0.321 e. The van der Waals surface area contributed by atoms with Gasteiger partial charge < -0.3 is 4.98 Å². The highest BCUT2D eigenvalue weighted by Crippen LogP contribution is 2.20. The fourth-order valence-corrected chi connectivity index (χ4v) is 4.10. The molecule has 0 bridgehead atoms. The van der Waals surface area contributed by atoms with Crippen molar-refractivity contribution in [1.29, 1.82) is 0 Å². The Balaban J connectivity index is 1.93. The molecule has 0 atom stereocenters. The van der Waals surface area contributed by atoms with Crippen LogP contribution in [-0.2, 0) is 16.6 Å². The molecule has 7 heteroatoms. The molecular weight excluding hydrogens is 355 g/mol. The third-order valence-electron chi connectivity index (χ3n) is 4.51. The maximum Gasteiger partial charge on any atom is 0.252 e. The van der Waals surface area contributed by atoms with Crippen molar-refractivity contribution in [1.82, 2.24) is 9.71 Å². The molecule has 3 aromatic rings. The van der Waals surface area contributed by atoms with Crippen molar-refractivity contribution in [3.05, 3.63) is 74.8 Å². The number of aryl methyl sites for hydroxylation is 3. The van der Waals surface area contributed by atoms with Crippen molar-refractivity contribution >= 4 is 20.9 Å². The van der Waals surface area contributed by atoms with E-state index < -0.39 is 15.8 Å². The topological polar surface area (TPSA) is 79.0 Å². The van der Waals surface area contributed by atoms with Crippen molar-refractivity contribution in [2.75, 3.05) is 0 Å². The number of hydrogen-bond acceptors (Lipinski definition) is 3. The van der Waals surface area contributed by atoms with Gasteiger partial charge in [0, 0.05) is 12.1 Å². The summed E-state index contributed by atoms with van der Waals surface area (Å²) in [4.78, 5) is 15.1. The molecule has 3 rings (SSSR count). The van der Waals surface area contributed by atoms with Crippen LogP contribution in [0.5, 0.6) is 0 Å². The highest BCUT2D eigenvalue weighted by molar-refractivity contribution is 7.89. The van der Waals surface area contributed by atoms with Crippen LogP contribution < -0.4 is 10.3 Å². The van der Waals surface area contributed by atoms with Gasteiger partial charge in [-0.25, -0.2) is 17.5 Å². The molecule has 0 radical (unpaired) electrons. The predicted octanol–water partition coefficient (Wildman–Crippen LogP) is 3.07. The van der Waals surface area contributed by atoms with Gasteiger partial charge >= 0.3 is 0 Å². The van der Waals surface area contributed by atoms with Crippen molar-refractivity contribution in [3.63, 3.8) is 0 Å². The Morgan fingerprint density at radius 1 is 1.04 bits per heavy atom. The van der Waals surface area contributed by atoms with Crippen LogP contribution in [-0.4, -0.2) is 13.4 Å². The zero-order valence-electron chi connectivity index (χ0n) is 14.7. The average molecular weight is 374 g/mol.